The van der Waals surface area contributed by atoms with Gasteiger partial charge in [0.25, 0.3) is 0 Å². The molecule has 0 spiro atoms. The van der Waals surface area contributed by atoms with E-state index >= 15 is 0 Å². The largest absolute Gasteiger partial charge is 0.469 e. The number of rotatable bonds is 6. The number of hydrogen-bond acceptors (Lipinski definition) is 6. The molecular formula is C18H20ClFN4O4S. The molecule has 0 unspecified atom stereocenters. The van der Waals surface area contributed by atoms with Crippen molar-refractivity contribution in [2.24, 2.45) is 0 Å². The van der Waals surface area contributed by atoms with Gasteiger partial charge in [0, 0.05) is 13.1 Å². The van der Waals surface area contributed by atoms with E-state index in [0.29, 0.717) is 23.6 Å². The average Bonchev–Trinajstić information content (AvgIpc) is 3.08. The van der Waals surface area contributed by atoms with Gasteiger partial charge in [-0.3, -0.25) is 4.79 Å². The summed E-state index contributed by atoms with van der Waals surface area (Å²) in [5.74, 6) is -0.915. The van der Waals surface area contributed by atoms with E-state index in [2.05, 4.69) is 19.7 Å². The zero-order valence-corrected chi connectivity index (χ0v) is 17.5. The van der Waals surface area contributed by atoms with Crippen LogP contribution in [0.4, 0.5) is 4.39 Å². The van der Waals surface area contributed by atoms with E-state index < -0.39 is 21.8 Å². The molecule has 0 aromatic carbocycles. The first-order valence-corrected chi connectivity index (χ1v) is 10.8. The van der Waals surface area contributed by atoms with Crippen LogP contribution < -0.4 is 0 Å². The fourth-order valence-corrected chi connectivity index (χ4v) is 4.79. The van der Waals surface area contributed by atoms with Crippen molar-refractivity contribution in [3.63, 3.8) is 0 Å². The zero-order valence-electron chi connectivity index (χ0n) is 15.9. The Morgan fingerprint density at radius 2 is 2.17 bits per heavy atom. The standard InChI is InChI=1S/C18H20ClFN4O4S/c1-11-10-24(29(26,27)8-6-15(25)28-2)7-5-13(11)16-17(19)23-18(22-16)14-4-3-12(20)9-21-14/h3-4,9H,5-8,10H2,1-2H3,(H,22,23). The lowest BCUT2D eigenvalue weighted by atomic mass is 10.0. The number of carbonyl (C=O) groups is 1. The summed E-state index contributed by atoms with van der Waals surface area (Å²) in [5.41, 5.74) is 2.73. The van der Waals surface area contributed by atoms with E-state index in [-0.39, 0.29) is 30.4 Å². The third kappa shape index (κ3) is 4.82. The summed E-state index contributed by atoms with van der Waals surface area (Å²) in [7, 11) is -2.36. The maximum absolute atomic E-state index is 13.1. The van der Waals surface area contributed by atoms with Gasteiger partial charge in [-0.05, 0) is 31.1 Å². The Morgan fingerprint density at radius 1 is 1.41 bits per heavy atom. The summed E-state index contributed by atoms with van der Waals surface area (Å²) in [6.45, 7) is 2.28. The average molecular weight is 443 g/mol. The highest BCUT2D eigenvalue weighted by Crippen LogP contribution is 2.33. The van der Waals surface area contributed by atoms with Crippen LogP contribution in [0.1, 0.15) is 25.5 Å². The Balaban J connectivity index is 1.80. The highest BCUT2D eigenvalue weighted by Gasteiger charge is 2.29. The van der Waals surface area contributed by atoms with Crippen molar-refractivity contribution in [1.82, 2.24) is 19.3 Å². The number of ether oxygens (including phenoxy) is 1. The molecule has 3 heterocycles. The number of halogens is 2. The molecule has 0 atom stereocenters. The van der Waals surface area contributed by atoms with Gasteiger partial charge in [-0.15, -0.1) is 0 Å². The second-order valence-corrected chi connectivity index (χ2v) is 9.04. The van der Waals surface area contributed by atoms with Crippen molar-refractivity contribution >= 4 is 33.2 Å². The third-order valence-corrected chi connectivity index (χ3v) is 6.75. The maximum atomic E-state index is 13.1. The normalized spacial score (nSPS) is 15.6. The molecule has 29 heavy (non-hydrogen) atoms. The third-order valence-electron chi connectivity index (χ3n) is 4.66. The molecule has 1 N–H and O–H groups in total. The number of H-pyrrole nitrogens is 1. The smallest absolute Gasteiger partial charge is 0.306 e. The molecule has 1 aliphatic rings. The molecule has 1 aliphatic heterocycles. The van der Waals surface area contributed by atoms with Gasteiger partial charge in [-0.1, -0.05) is 17.2 Å². The highest BCUT2D eigenvalue weighted by molar-refractivity contribution is 7.89. The molecule has 0 aliphatic carbocycles. The summed E-state index contributed by atoms with van der Waals surface area (Å²) in [6, 6.07) is 2.77. The molecular weight excluding hydrogens is 423 g/mol. The zero-order chi connectivity index (χ0) is 21.2. The first kappa shape index (κ1) is 21.4. The first-order chi connectivity index (χ1) is 13.7. The number of nitrogens with zero attached hydrogens (tertiary/aromatic N) is 3. The highest BCUT2D eigenvalue weighted by atomic mass is 35.5. The van der Waals surface area contributed by atoms with E-state index in [1.165, 1.54) is 23.5 Å². The van der Waals surface area contributed by atoms with Gasteiger partial charge in [0.2, 0.25) is 10.0 Å². The van der Waals surface area contributed by atoms with Gasteiger partial charge < -0.3 is 9.72 Å². The van der Waals surface area contributed by atoms with Crippen molar-refractivity contribution in [2.45, 2.75) is 19.8 Å². The molecule has 0 fully saturated rings. The van der Waals surface area contributed by atoms with Gasteiger partial charge in [0.15, 0.2) is 11.0 Å². The Hall–Kier alpha value is -2.30. The van der Waals surface area contributed by atoms with Gasteiger partial charge in [-0.25, -0.2) is 22.8 Å². The predicted molar refractivity (Wildman–Crippen MR) is 106 cm³/mol. The molecule has 0 saturated carbocycles. The minimum Gasteiger partial charge on any atom is -0.469 e. The van der Waals surface area contributed by atoms with E-state index in [1.54, 1.807) is 0 Å². The van der Waals surface area contributed by atoms with Gasteiger partial charge in [0.05, 0.1) is 31.2 Å². The number of carbonyl (C=O) groups excluding carboxylic acids is 1. The van der Waals surface area contributed by atoms with E-state index in [1.807, 2.05) is 6.92 Å². The molecule has 8 nitrogen and oxygen atoms in total. The van der Waals surface area contributed by atoms with Crippen LogP contribution in [0, 0.1) is 5.82 Å². The van der Waals surface area contributed by atoms with Crippen LogP contribution in [0.5, 0.6) is 0 Å². The van der Waals surface area contributed by atoms with Gasteiger partial charge in [-0.2, -0.15) is 4.31 Å². The van der Waals surface area contributed by atoms with Crippen molar-refractivity contribution < 1.29 is 22.3 Å². The summed E-state index contributed by atoms with van der Waals surface area (Å²) < 4.78 is 43.9. The van der Waals surface area contributed by atoms with Crippen LogP contribution in [-0.4, -0.2) is 59.6 Å². The first-order valence-electron chi connectivity index (χ1n) is 8.82. The summed E-state index contributed by atoms with van der Waals surface area (Å²) in [5, 5.41) is 0.238. The maximum Gasteiger partial charge on any atom is 0.306 e. The molecule has 3 rings (SSSR count). The number of esters is 1. The summed E-state index contributed by atoms with van der Waals surface area (Å²) >= 11 is 6.29. The minimum absolute atomic E-state index is 0.189. The van der Waals surface area contributed by atoms with Crippen LogP contribution in [0.25, 0.3) is 17.1 Å². The Kier molecular flexibility index (Phi) is 6.35. The summed E-state index contributed by atoms with van der Waals surface area (Å²) in [6.07, 6.45) is 1.33. The lowest BCUT2D eigenvalue weighted by molar-refractivity contribution is -0.140. The lowest BCUT2D eigenvalue weighted by Gasteiger charge is -2.28. The molecule has 11 heteroatoms. The molecule has 2 aromatic heterocycles. The quantitative estimate of drug-likeness (QED) is 0.689. The molecule has 0 bridgehead atoms. The van der Waals surface area contributed by atoms with Crippen LogP contribution in [-0.2, 0) is 19.6 Å². The molecule has 0 saturated heterocycles. The Morgan fingerprint density at radius 3 is 2.79 bits per heavy atom. The fourth-order valence-electron chi connectivity index (χ4n) is 3.10. The predicted octanol–water partition coefficient (Wildman–Crippen LogP) is 2.64. The lowest BCUT2D eigenvalue weighted by Crippen LogP contribution is -2.38. The monoisotopic (exact) mass is 442 g/mol. The molecule has 156 valence electrons. The number of nitrogens with one attached hydrogen (secondary N) is 1. The van der Waals surface area contributed by atoms with E-state index in [4.69, 9.17) is 11.6 Å². The van der Waals surface area contributed by atoms with Crippen LogP contribution in [0.2, 0.25) is 5.15 Å². The Bertz CT molecular complexity index is 1050. The van der Waals surface area contributed by atoms with E-state index in [0.717, 1.165) is 17.3 Å². The number of hydrogen-bond donors (Lipinski definition) is 1. The van der Waals surface area contributed by atoms with Crippen molar-refractivity contribution in [2.75, 3.05) is 26.0 Å². The topological polar surface area (TPSA) is 105 Å². The molecule has 0 amide bonds. The Labute approximate surface area is 172 Å². The second kappa shape index (κ2) is 8.60. The fraction of sp³-hybridized carbons (Fsp3) is 0.389. The number of aromatic amines is 1. The van der Waals surface area contributed by atoms with Crippen molar-refractivity contribution in [1.29, 1.82) is 0 Å². The van der Waals surface area contributed by atoms with Gasteiger partial charge in [0.1, 0.15) is 11.5 Å². The molecule has 0 radical (unpaired) electrons. The number of imidazole rings is 1. The van der Waals surface area contributed by atoms with Crippen molar-refractivity contribution in [3.8, 4) is 11.5 Å². The number of methoxy groups -OCH3 is 1. The van der Waals surface area contributed by atoms with E-state index in [9.17, 15) is 17.6 Å². The minimum atomic E-state index is -3.59. The SMILES string of the molecule is COC(=O)CCS(=O)(=O)N1CCC(c2[nH]c(-c3ccc(F)cn3)nc2Cl)=C(C)C1. The van der Waals surface area contributed by atoms with Crippen LogP contribution >= 0.6 is 11.6 Å². The van der Waals surface area contributed by atoms with Crippen LogP contribution in [0.15, 0.2) is 23.9 Å². The second-order valence-electron chi connectivity index (χ2n) is 6.60. The number of pyridine rings is 1. The summed E-state index contributed by atoms with van der Waals surface area (Å²) in [4.78, 5) is 22.6. The number of sulfonamides is 1. The van der Waals surface area contributed by atoms with Crippen LogP contribution in [0.3, 0.4) is 0 Å². The number of aromatic nitrogens is 3. The van der Waals surface area contributed by atoms with Gasteiger partial charge >= 0.3 is 5.97 Å². The van der Waals surface area contributed by atoms with Crippen molar-refractivity contribution in [3.05, 3.63) is 40.6 Å². The molecule has 2 aromatic rings.